The Hall–Kier alpha value is -3.31. The molecule has 0 N–H and O–H groups in total. The highest BCUT2D eigenvalue weighted by atomic mass is 19.1. The van der Waals surface area contributed by atoms with E-state index in [1.807, 2.05) is 6.07 Å². The average molecular weight is 484 g/mol. The van der Waals surface area contributed by atoms with E-state index in [9.17, 15) is 9.18 Å². The third-order valence-corrected chi connectivity index (χ3v) is 7.57. The minimum absolute atomic E-state index is 0.0648. The predicted molar refractivity (Wildman–Crippen MR) is 142 cm³/mol. The molecule has 1 atom stereocenters. The lowest BCUT2D eigenvalue weighted by atomic mass is 9.90. The zero-order valence-electron chi connectivity index (χ0n) is 21.2. The summed E-state index contributed by atoms with van der Waals surface area (Å²) < 4.78 is 14.8. The van der Waals surface area contributed by atoms with Gasteiger partial charge in [-0.1, -0.05) is 66.2 Å². The van der Waals surface area contributed by atoms with Gasteiger partial charge in [-0.15, -0.1) is 0 Å². The van der Waals surface area contributed by atoms with Crippen LogP contribution in [-0.4, -0.2) is 41.2 Å². The van der Waals surface area contributed by atoms with Gasteiger partial charge in [0.05, 0.1) is 18.3 Å². The largest absolute Gasteiger partial charge is 0.294 e. The van der Waals surface area contributed by atoms with E-state index in [2.05, 4.69) is 67.3 Å². The fraction of sp³-hybridized carbons (Fsp3) is 0.355. The van der Waals surface area contributed by atoms with Crippen molar-refractivity contribution in [1.82, 2.24) is 9.91 Å². The van der Waals surface area contributed by atoms with Crippen molar-refractivity contribution in [1.29, 1.82) is 0 Å². The number of aryl methyl sites for hydroxylation is 2. The molecule has 0 aromatic heterocycles. The molecule has 36 heavy (non-hydrogen) atoms. The summed E-state index contributed by atoms with van der Waals surface area (Å²) in [5.74, 6) is 0.287. The van der Waals surface area contributed by atoms with Crippen LogP contribution >= 0.6 is 0 Å². The van der Waals surface area contributed by atoms with Crippen molar-refractivity contribution < 1.29 is 9.18 Å². The smallest absolute Gasteiger partial charge is 0.257 e. The molecule has 3 aromatic carbocycles. The number of amides is 1. The first-order valence-electron chi connectivity index (χ1n) is 13.0. The molecular weight excluding hydrogens is 449 g/mol. The van der Waals surface area contributed by atoms with Crippen molar-refractivity contribution in [3.63, 3.8) is 0 Å². The van der Waals surface area contributed by atoms with Gasteiger partial charge in [-0.3, -0.25) is 9.69 Å². The van der Waals surface area contributed by atoms with Gasteiger partial charge >= 0.3 is 0 Å². The minimum Gasteiger partial charge on any atom is -0.294 e. The van der Waals surface area contributed by atoms with Crippen LogP contribution in [0.2, 0.25) is 0 Å². The zero-order valence-corrected chi connectivity index (χ0v) is 21.2. The second kappa shape index (κ2) is 10.8. The third kappa shape index (κ3) is 5.41. The molecule has 2 aliphatic rings. The van der Waals surface area contributed by atoms with E-state index < -0.39 is 6.04 Å². The lowest BCUT2D eigenvalue weighted by Gasteiger charge is -2.33. The minimum atomic E-state index is -0.427. The average Bonchev–Trinajstić information content (AvgIpc) is 3.33. The first-order valence-corrected chi connectivity index (χ1v) is 13.0. The van der Waals surface area contributed by atoms with Crippen molar-refractivity contribution in [3.05, 3.63) is 106 Å². The Morgan fingerprint density at radius 3 is 2.44 bits per heavy atom. The fourth-order valence-electron chi connectivity index (χ4n) is 5.50. The molecule has 2 aliphatic heterocycles. The number of nitrogens with zero attached hydrogens (tertiary/aromatic N) is 3. The maximum atomic E-state index is 14.8. The summed E-state index contributed by atoms with van der Waals surface area (Å²) in [5, 5.41) is 6.35. The molecular formula is C31H34FN3O. The number of carbonyl (C=O) groups excluding carboxylic acids is 1. The highest BCUT2D eigenvalue weighted by Gasteiger charge is 2.36. The molecule has 0 aliphatic carbocycles. The molecule has 2 heterocycles. The van der Waals surface area contributed by atoms with Crippen molar-refractivity contribution >= 4 is 11.6 Å². The van der Waals surface area contributed by atoms with Gasteiger partial charge in [-0.25, -0.2) is 9.40 Å². The molecule has 1 amide bonds. The zero-order chi connectivity index (χ0) is 25.1. The number of likely N-dealkylation sites (tertiary alicyclic amines) is 1. The lowest BCUT2D eigenvalue weighted by molar-refractivity contribution is -0.134. The standard InChI is InChI=1S/C31H34FN3O/c1-22-12-13-23(2)27(18-22)29-20-30(26-10-6-7-11-28(26)32)35(33-29)31(36)21-34-16-14-25(15-17-34)19-24-8-4-3-5-9-24/h3-13,18,25,30H,14-17,19-21H2,1-2H3/t30-/m0/s1. The maximum absolute atomic E-state index is 14.8. The van der Waals surface area contributed by atoms with Crippen LogP contribution < -0.4 is 0 Å². The van der Waals surface area contributed by atoms with Gasteiger partial charge in [0.25, 0.3) is 5.91 Å². The van der Waals surface area contributed by atoms with E-state index >= 15 is 0 Å². The number of hydrogen-bond donors (Lipinski definition) is 0. The molecule has 0 spiro atoms. The highest BCUT2D eigenvalue weighted by molar-refractivity contribution is 6.04. The molecule has 1 fully saturated rings. The second-order valence-electron chi connectivity index (χ2n) is 10.3. The fourth-order valence-corrected chi connectivity index (χ4v) is 5.50. The summed E-state index contributed by atoms with van der Waals surface area (Å²) in [5.41, 5.74) is 6.04. The highest BCUT2D eigenvalue weighted by Crippen LogP contribution is 2.35. The lowest BCUT2D eigenvalue weighted by Crippen LogP contribution is -2.42. The molecule has 186 valence electrons. The van der Waals surface area contributed by atoms with Crippen molar-refractivity contribution in [2.24, 2.45) is 11.0 Å². The van der Waals surface area contributed by atoms with Gasteiger partial charge in [-0.05, 0) is 75.4 Å². The molecule has 0 bridgehead atoms. The van der Waals surface area contributed by atoms with Crippen LogP contribution in [0.4, 0.5) is 4.39 Å². The second-order valence-corrected chi connectivity index (χ2v) is 10.3. The topological polar surface area (TPSA) is 35.9 Å². The van der Waals surface area contributed by atoms with E-state index in [1.54, 1.807) is 17.1 Å². The monoisotopic (exact) mass is 483 g/mol. The molecule has 0 radical (unpaired) electrons. The normalized spacial score (nSPS) is 18.9. The first kappa shape index (κ1) is 24.4. The molecule has 3 aromatic rings. The van der Waals surface area contributed by atoms with Crippen molar-refractivity contribution in [3.8, 4) is 0 Å². The summed E-state index contributed by atoms with van der Waals surface area (Å²) in [7, 11) is 0. The summed E-state index contributed by atoms with van der Waals surface area (Å²) in [4.78, 5) is 15.8. The Bertz CT molecular complexity index is 1250. The van der Waals surface area contributed by atoms with E-state index in [1.165, 1.54) is 11.6 Å². The molecule has 5 rings (SSSR count). The van der Waals surface area contributed by atoms with E-state index in [-0.39, 0.29) is 11.7 Å². The Balaban J connectivity index is 1.30. The van der Waals surface area contributed by atoms with Gasteiger partial charge < -0.3 is 0 Å². The van der Waals surface area contributed by atoms with Crippen LogP contribution in [0, 0.1) is 25.6 Å². The Kier molecular flexibility index (Phi) is 7.28. The number of rotatable bonds is 6. The SMILES string of the molecule is Cc1ccc(C)c(C2=NN(C(=O)CN3CCC(Cc4ccccc4)CC3)[C@H](c3ccccc3F)C2)c1. The maximum Gasteiger partial charge on any atom is 0.257 e. The van der Waals surface area contributed by atoms with Gasteiger partial charge in [-0.2, -0.15) is 5.10 Å². The van der Waals surface area contributed by atoms with E-state index in [0.29, 0.717) is 24.4 Å². The van der Waals surface area contributed by atoms with Crippen molar-refractivity contribution in [2.45, 2.75) is 45.6 Å². The molecule has 4 nitrogen and oxygen atoms in total. The summed E-state index contributed by atoms with van der Waals surface area (Å²) in [6.07, 6.45) is 3.76. The Morgan fingerprint density at radius 2 is 1.69 bits per heavy atom. The van der Waals surface area contributed by atoms with Crippen LogP contribution in [0.15, 0.2) is 77.9 Å². The van der Waals surface area contributed by atoms with Crippen LogP contribution in [0.25, 0.3) is 0 Å². The van der Waals surface area contributed by atoms with E-state index in [0.717, 1.165) is 54.8 Å². The molecule has 5 heteroatoms. The Morgan fingerprint density at radius 1 is 0.972 bits per heavy atom. The van der Waals surface area contributed by atoms with Crippen LogP contribution in [0.5, 0.6) is 0 Å². The third-order valence-electron chi connectivity index (χ3n) is 7.57. The van der Waals surface area contributed by atoms with Crippen molar-refractivity contribution in [2.75, 3.05) is 19.6 Å². The number of piperidine rings is 1. The number of carbonyl (C=O) groups is 1. The molecule has 1 saturated heterocycles. The van der Waals surface area contributed by atoms with Crippen LogP contribution in [-0.2, 0) is 11.2 Å². The number of halogens is 1. The quantitative estimate of drug-likeness (QED) is 0.426. The van der Waals surface area contributed by atoms with Crippen LogP contribution in [0.1, 0.15) is 53.1 Å². The number of benzene rings is 3. The number of hydrogen-bond acceptors (Lipinski definition) is 3. The summed E-state index contributed by atoms with van der Waals surface area (Å²) in [6.45, 7) is 6.22. The predicted octanol–water partition coefficient (Wildman–Crippen LogP) is 6.07. The van der Waals surface area contributed by atoms with Crippen LogP contribution in [0.3, 0.4) is 0 Å². The van der Waals surface area contributed by atoms with E-state index in [4.69, 9.17) is 5.10 Å². The molecule has 0 saturated carbocycles. The first-order chi connectivity index (χ1) is 17.5. The summed E-state index contributed by atoms with van der Waals surface area (Å²) >= 11 is 0. The van der Waals surface area contributed by atoms with Gasteiger partial charge in [0, 0.05) is 17.5 Å². The van der Waals surface area contributed by atoms with Gasteiger partial charge in [0.1, 0.15) is 5.82 Å². The summed E-state index contributed by atoms with van der Waals surface area (Å²) in [6, 6.07) is 23.2. The molecule has 0 unspecified atom stereocenters. The Labute approximate surface area is 213 Å². The van der Waals surface area contributed by atoms with Gasteiger partial charge in [0.2, 0.25) is 0 Å². The van der Waals surface area contributed by atoms with Gasteiger partial charge in [0.15, 0.2) is 0 Å². The number of hydrazone groups is 1.